The minimum atomic E-state index is -2.02. The lowest BCUT2D eigenvalue weighted by atomic mass is 10.0. The smallest absolute Gasteiger partial charge is 0.328 e. The highest BCUT2D eigenvalue weighted by molar-refractivity contribution is 6.74. The molecule has 2 atom stereocenters. The predicted molar refractivity (Wildman–Crippen MR) is 119 cm³/mol. The summed E-state index contributed by atoms with van der Waals surface area (Å²) in [6.07, 6.45) is 0.170. The SMILES string of the molecule is COC(=O)[C@H](CCO[Si](C)(C)C(C)(C)C)NC(=O)[C@@H](Cc1ccccc1F)NC(C)=O. The van der Waals surface area contributed by atoms with Gasteiger partial charge in [0.1, 0.15) is 17.9 Å². The molecule has 0 aliphatic rings. The second-order valence-corrected chi connectivity index (χ2v) is 13.8. The molecule has 0 spiro atoms. The molecule has 0 fully saturated rings. The third-order valence-corrected chi connectivity index (χ3v) is 10.1. The van der Waals surface area contributed by atoms with Gasteiger partial charge in [0.2, 0.25) is 11.8 Å². The quantitative estimate of drug-likeness (QED) is 0.419. The molecule has 2 N–H and O–H groups in total. The lowest BCUT2D eigenvalue weighted by molar-refractivity contribution is -0.145. The summed E-state index contributed by atoms with van der Waals surface area (Å²) in [6.45, 7) is 12.1. The van der Waals surface area contributed by atoms with Crippen molar-refractivity contribution in [2.24, 2.45) is 0 Å². The second-order valence-electron chi connectivity index (χ2n) is 9.03. The minimum Gasteiger partial charge on any atom is -0.467 e. The molecule has 1 aromatic rings. The highest BCUT2D eigenvalue weighted by Gasteiger charge is 2.37. The Kier molecular flexibility index (Phi) is 9.83. The first kappa shape index (κ1) is 26.8. The van der Waals surface area contributed by atoms with Gasteiger partial charge < -0.3 is 19.8 Å². The van der Waals surface area contributed by atoms with Gasteiger partial charge in [-0.25, -0.2) is 9.18 Å². The van der Waals surface area contributed by atoms with E-state index in [2.05, 4.69) is 44.5 Å². The number of amides is 2. The summed E-state index contributed by atoms with van der Waals surface area (Å²) >= 11 is 0. The van der Waals surface area contributed by atoms with Crippen LogP contribution in [0.2, 0.25) is 18.1 Å². The van der Waals surface area contributed by atoms with E-state index < -0.39 is 44.0 Å². The standard InChI is InChI=1S/C22H35FN2O5Si/c1-15(26)24-19(14-16-10-8-9-11-17(16)23)20(27)25-18(21(28)29-5)12-13-30-31(6,7)22(2,3)4/h8-11,18-19H,12-14H2,1-7H3,(H,24,26)(H,25,27)/t18-,19+/m0/s1. The fourth-order valence-corrected chi connectivity index (χ4v) is 3.71. The first-order chi connectivity index (χ1) is 14.3. The average Bonchev–Trinajstić information content (AvgIpc) is 2.66. The second kappa shape index (κ2) is 11.4. The van der Waals surface area contributed by atoms with Gasteiger partial charge >= 0.3 is 5.97 Å². The van der Waals surface area contributed by atoms with Gasteiger partial charge in [0.25, 0.3) is 0 Å². The van der Waals surface area contributed by atoms with Gasteiger partial charge in [-0.2, -0.15) is 0 Å². The summed E-state index contributed by atoms with van der Waals surface area (Å²) in [7, 11) is -0.784. The normalized spacial score (nSPS) is 13.8. The van der Waals surface area contributed by atoms with Gasteiger partial charge in [0.05, 0.1) is 7.11 Å². The molecular formula is C22H35FN2O5Si. The predicted octanol–water partition coefficient (Wildman–Crippen LogP) is 2.94. The average molecular weight is 455 g/mol. The molecule has 0 aromatic heterocycles. The van der Waals surface area contributed by atoms with Crippen molar-refractivity contribution in [3.63, 3.8) is 0 Å². The van der Waals surface area contributed by atoms with E-state index in [1.165, 1.54) is 20.1 Å². The van der Waals surface area contributed by atoms with Crippen LogP contribution in [0.15, 0.2) is 24.3 Å². The Balaban J connectivity index is 2.89. The summed E-state index contributed by atoms with van der Waals surface area (Å²) in [5.41, 5.74) is 0.285. The zero-order chi connectivity index (χ0) is 23.8. The number of rotatable bonds is 10. The lowest BCUT2D eigenvalue weighted by Gasteiger charge is -2.36. The van der Waals surface area contributed by atoms with Crippen molar-refractivity contribution in [1.29, 1.82) is 0 Å². The molecule has 0 bridgehead atoms. The summed E-state index contributed by atoms with van der Waals surface area (Å²) < 4.78 is 25.0. The fourth-order valence-electron chi connectivity index (χ4n) is 2.65. The molecule has 7 nitrogen and oxygen atoms in total. The van der Waals surface area contributed by atoms with E-state index in [1.807, 2.05) is 0 Å². The van der Waals surface area contributed by atoms with Crippen LogP contribution in [-0.4, -0.2) is 51.9 Å². The van der Waals surface area contributed by atoms with Crippen LogP contribution in [-0.2, 0) is 30.0 Å². The van der Waals surface area contributed by atoms with Crippen LogP contribution in [0.5, 0.6) is 0 Å². The maximum absolute atomic E-state index is 14.0. The van der Waals surface area contributed by atoms with Gasteiger partial charge in [0, 0.05) is 26.4 Å². The van der Waals surface area contributed by atoms with Crippen LogP contribution in [0, 0.1) is 5.82 Å². The first-order valence-electron chi connectivity index (χ1n) is 10.3. The van der Waals surface area contributed by atoms with Crippen LogP contribution in [0.4, 0.5) is 4.39 Å². The van der Waals surface area contributed by atoms with E-state index in [0.717, 1.165) is 0 Å². The highest BCUT2D eigenvalue weighted by atomic mass is 28.4. The Labute approximate surface area is 185 Å². The van der Waals surface area contributed by atoms with E-state index in [9.17, 15) is 18.8 Å². The summed E-state index contributed by atoms with van der Waals surface area (Å²) in [5, 5.41) is 5.15. The zero-order valence-corrected chi connectivity index (χ0v) is 20.5. The van der Waals surface area contributed by atoms with Crippen molar-refractivity contribution in [2.45, 2.75) is 70.8 Å². The maximum atomic E-state index is 14.0. The number of hydrogen-bond acceptors (Lipinski definition) is 5. The van der Waals surface area contributed by atoms with Gasteiger partial charge in [-0.05, 0) is 29.8 Å². The van der Waals surface area contributed by atoms with Crippen molar-refractivity contribution in [2.75, 3.05) is 13.7 Å². The molecule has 0 aliphatic heterocycles. The van der Waals surface area contributed by atoms with E-state index in [-0.39, 0.29) is 30.1 Å². The number of ether oxygens (including phenoxy) is 1. The van der Waals surface area contributed by atoms with Crippen molar-refractivity contribution in [3.05, 3.63) is 35.6 Å². The molecule has 0 saturated heterocycles. The Morgan fingerprint density at radius 1 is 1.10 bits per heavy atom. The number of hydrogen-bond donors (Lipinski definition) is 2. The van der Waals surface area contributed by atoms with Gasteiger partial charge in [-0.15, -0.1) is 0 Å². The van der Waals surface area contributed by atoms with Crippen molar-refractivity contribution < 1.29 is 27.9 Å². The van der Waals surface area contributed by atoms with E-state index in [1.54, 1.807) is 18.2 Å². The van der Waals surface area contributed by atoms with Crippen molar-refractivity contribution in [3.8, 4) is 0 Å². The van der Waals surface area contributed by atoms with Crippen LogP contribution >= 0.6 is 0 Å². The van der Waals surface area contributed by atoms with Crippen LogP contribution in [0.1, 0.15) is 39.7 Å². The largest absolute Gasteiger partial charge is 0.467 e. The van der Waals surface area contributed by atoms with Crippen molar-refractivity contribution >= 4 is 26.1 Å². The fraction of sp³-hybridized carbons (Fsp3) is 0.591. The van der Waals surface area contributed by atoms with Gasteiger partial charge in [0.15, 0.2) is 8.32 Å². The number of esters is 1. The Morgan fingerprint density at radius 3 is 2.23 bits per heavy atom. The molecule has 0 aliphatic carbocycles. The molecule has 31 heavy (non-hydrogen) atoms. The van der Waals surface area contributed by atoms with E-state index in [4.69, 9.17) is 9.16 Å². The molecule has 1 aromatic carbocycles. The maximum Gasteiger partial charge on any atom is 0.328 e. The van der Waals surface area contributed by atoms with Gasteiger partial charge in [-0.3, -0.25) is 9.59 Å². The minimum absolute atomic E-state index is 0.00721. The van der Waals surface area contributed by atoms with Crippen LogP contribution in [0.3, 0.4) is 0 Å². The zero-order valence-electron chi connectivity index (χ0n) is 19.5. The third kappa shape index (κ3) is 8.41. The van der Waals surface area contributed by atoms with E-state index >= 15 is 0 Å². The molecule has 2 amide bonds. The van der Waals surface area contributed by atoms with Crippen LogP contribution in [0.25, 0.3) is 0 Å². The summed E-state index contributed by atoms with van der Waals surface area (Å²) in [4.78, 5) is 36.7. The topological polar surface area (TPSA) is 93.7 Å². The lowest BCUT2D eigenvalue weighted by Crippen LogP contribution is -2.53. The molecule has 174 valence electrons. The molecule has 0 unspecified atom stereocenters. The Bertz CT molecular complexity index is 779. The molecule has 1 rings (SSSR count). The Hall–Kier alpha value is -2.26. The number of halogens is 1. The Morgan fingerprint density at radius 2 is 1.71 bits per heavy atom. The number of carbonyl (C=O) groups is 3. The number of methoxy groups -OCH3 is 1. The van der Waals surface area contributed by atoms with Crippen molar-refractivity contribution in [1.82, 2.24) is 10.6 Å². The first-order valence-corrected chi connectivity index (χ1v) is 13.2. The molecule has 0 heterocycles. The molecule has 9 heteroatoms. The number of benzene rings is 1. The third-order valence-electron chi connectivity index (χ3n) is 5.55. The number of carbonyl (C=O) groups excluding carboxylic acids is 3. The molecule has 0 saturated carbocycles. The monoisotopic (exact) mass is 454 g/mol. The highest BCUT2D eigenvalue weighted by Crippen LogP contribution is 2.36. The molecular weight excluding hydrogens is 419 g/mol. The van der Waals surface area contributed by atoms with Gasteiger partial charge in [-0.1, -0.05) is 39.0 Å². The summed E-state index contributed by atoms with van der Waals surface area (Å²) in [6, 6.07) is 4.04. The summed E-state index contributed by atoms with van der Waals surface area (Å²) in [5.74, 6) is -2.12. The van der Waals surface area contributed by atoms with E-state index in [0.29, 0.717) is 0 Å². The van der Waals surface area contributed by atoms with Crippen LogP contribution < -0.4 is 10.6 Å². The number of nitrogens with one attached hydrogen (secondary N) is 2. The molecule has 0 radical (unpaired) electrons.